The molecule has 0 spiro atoms. The van der Waals surface area contributed by atoms with Gasteiger partial charge in [-0.2, -0.15) is 0 Å². The number of urea groups is 1. The molecule has 0 bridgehead atoms. The van der Waals surface area contributed by atoms with E-state index >= 15 is 0 Å². The van der Waals surface area contributed by atoms with Gasteiger partial charge in [0.15, 0.2) is 0 Å². The topological polar surface area (TPSA) is 72.9 Å². The van der Waals surface area contributed by atoms with Crippen LogP contribution in [0.15, 0.2) is 0 Å². The molecule has 1 fully saturated rings. The molecule has 122 valence electrons. The molecule has 2 N–H and O–H groups in total. The summed E-state index contributed by atoms with van der Waals surface area (Å²) in [6.45, 7) is 6.50. The Hall–Kier alpha value is -1.30. The van der Waals surface area contributed by atoms with Crippen molar-refractivity contribution in [2.24, 2.45) is 11.3 Å². The minimum Gasteiger partial charge on any atom is -0.481 e. The summed E-state index contributed by atoms with van der Waals surface area (Å²) in [5.41, 5.74) is -0.735. The summed E-state index contributed by atoms with van der Waals surface area (Å²) in [6, 6.07) is -0.155. The van der Waals surface area contributed by atoms with Crippen LogP contribution in [0.3, 0.4) is 0 Å². The average molecular weight is 299 g/mol. The molecular weight excluding hydrogens is 270 g/mol. The number of nitrogens with zero attached hydrogens (tertiary/aromatic N) is 2. The van der Waals surface area contributed by atoms with Crippen LogP contribution in [0.25, 0.3) is 0 Å². The molecule has 6 heteroatoms. The molecular formula is C15H29N3O3. The number of hydrogen-bond donors (Lipinski definition) is 2. The Labute approximate surface area is 127 Å². The minimum absolute atomic E-state index is 0.155. The highest BCUT2D eigenvalue weighted by Crippen LogP contribution is 2.40. The SMILES string of the molecule is CC(C)CN(CCN(C)C)C(=O)NCC1(C(=O)O)CCC1. The molecule has 0 atom stereocenters. The summed E-state index contributed by atoms with van der Waals surface area (Å²) in [4.78, 5) is 27.4. The first-order valence-electron chi connectivity index (χ1n) is 7.68. The van der Waals surface area contributed by atoms with Gasteiger partial charge in [-0.25, -0.2) is 4.79 Å². The van der Waals surface area contributed by atoms with Crippen molar-refractivity contribution in [3.05, 3.63) is 0 Å². The standard InChI is InChI=1S/C15H29N3O3/c1-12(2)10-18(9-8-17(3)4)14(21)16-11-15(13(19)20)6-5-7-15/h12H,5-11H2,1-4H3,(H,16,21)(H,19,20). The van der Waals surface area contributed by atoms with Crippen LogP contribution in [0, 0.1) is 11.3 Å². The number of nitrogens with one attached hydrogen (secondary N) is 1. The fourth-order valence-electron chi connectivity index (χ4n) is 2.46. The molecule has 2 amide bonds. The highest BCUT2D eigenvalue weighted by atomic mass is 16.4. The van der Waals surface area contributed by atoms with E-state index in [1.807, 2.05) is 19.0 Å². The van der Waals surface area contributed by atoms with E-state index in [1.165, 1.54) is 0 Å². The highest BCUT2D eigenvalue weighted by molar-refractivity contribution is 5.79. The first kappa shape index (κ1) is 17.8. The second kappa shape index (κ2) is 7.64. The van der Waals surface area contributed by atoms with Crippen LogP contribution in [-0.4, -0.2) is 67.2 Å². The number of carboxylic acid groups (broad SMARTS) is 1. The number of aliphatic carboxylic acids is 1. The summed E-state index contributed by atoms with van der Waals surface area (Å²) >= 11 is 0. The van der Waals surface area contributed by atoms with Crippen LogP contribution in [0.5, 0.6) is 0 Å². The Kier molecular flexibility index (Phi) is 6.45. The lowest BCUT2D eigenvalue weighted by Crippen LogP contribution is -2.52. The zero-order valence-electron chi connectivity index (χ0n) is 13.7. The maximum absolute atomic E-state index is 12.3. The molecule has 0 radical (unpaired) electrons. The van der Waals surface area contributed by atoms with E-state index in [2.05, 4.69) is 19.2 Å². The number of carbonyl (C=O) groups is 2. The van der Waals surface area contributed by atoms with Crippen LogP contribution < -0.4 is 5.32 Å². The third-order valence-corrected chi connectivity index (χ3v) is 4.03. The van der Waals surface area contributed by atoms with Gasteiger partial charge < -0.3 is 20.2 Å². The van der Waals surface area contributed by atoms with Crippen LogP contribution >= 0.6 is 0 Å². The smallest absolute Gasteiger partial charge is 0.317 e. The second-order valence-electron chi connectivity index (χ2n) is 6.74. The number of rotatable bonds is 8. The lowest BCUT2D eigenvalue weighted by atomic mass is 9.69. The van der Waals surface area contributed by atoms with Crippen molar-refractivity contribution in [1.82, 2.24) is 15.1 Å². The predicted molar refractivity (Wildman–Crippen MR) is 82.3 cm³/mol. The number of carboxylic acids is 1. The van der Waals surface area contributed by atoms with Crippen molar-refractivity contribution < 1.29 is 14.7 Å². The molecule has 0 saturated heterocycles. The molecule has 0 heterocycles. The molecule has 21 heavy (non-hydrogen) atoms. The van der Waals surface area contributed by atoms with Crippen LogP contribution in [0.2, 0.25) is 0 Å². The summed E-state index contributed by atoms with van der Waals surface area (Å²) in [5.74, 6) is -0.409. The molecule has 1 aliphatic carbocycles. The summed E-state index contributed by atoms with van der Waals surface area (Å²) in [6.07, 6.45) is 2.24. The van der Waals surface area contributed by atoms with Gasteiger partial charge in [0.05, 0.1) is 5.41 Å². The molecule has 0 aromatic heterocycles. The Morgan fingerprint density at radius 2 is 1.86 bits per heavy atom. The van der Waals surface area contributed by atoms with Crippen LogP contribution in [0.4, 0.5) is 4.79 Å². The van der Waals surface area contributed by atoms with Crippen molar-refractivity contribution >= 4 is 12.0 Å². The first-order chi connectivity index (χ1) is 9.77. The fourth-order valence-corrected chi connectivity index (χ4v) is 2.46. The van der Waals surface area contributed by atoms with Crippen molar-refractivity contribution in [3.8, 4) is 0 Å². The van der Waals surface area contributed by atoms with E-state index in [0.717, 1.165) is 13.0 Å². The van der Waals surface area contributed by atoms with Gasteiger partial charge in [-0.05, 0) is 32.9 Å². The fraction of sp³-hybridized carbons (Fsp3) is 0.867. The number of amides is 2. The van der Waals surface area contributed by atoms with E-state index < -0.39 is 11.4 Å². The molecule has 6 nitrogen and oxygen atoms in total. The highest BCUT2D eigenvalue weighted by Gasteiger charge is 2.44. The predicted octanol–water partition coefficient (Wildman–Crippen LogP) is 1.47. The third-order valence-electron chi connectivity index (χ3n) is 4.03. The van der Waals surface area contributed by atoms with Crippen LogP contribution in [0.1, 0.15) is 33.1 Å². The Morgan fingerprint density at radius 1 is 1.24 bits per heavy atom. The lowest BCUT2D eigenvalue weighted by molar-refractivity contribution is -0.153. The molecule has 0 aliphatic heterocycles. The quantitative estimate of drug-likeness (QED) is 0.712. The van der Waals surface area contributed by atoms with E-state index in [9.17, 15) is 14.7 Å². The Morgan fingerprint density at radius 3 is 2.24 bits per heavy atom. The van der Waals surface area contributed by atoms with Gasteiger partial charge in [0, 0.05) is 26.2 Å². The number of carbonyl (C=O) groups excluding carboxylic acids is 1. The Bertz CT molecular complexity index is 365. The third kappa shape index (κ3) is 5.19. The van der Waals surface area contributed by atoms with Gasteiger partial charge in [-0.3, -0.25) is 4.79 Å². The van der Waals surface area contributed by atoms with E-state index in [-0.39, 0.29) is 12.6 Å². The van der Waals surface area contributed by atoms with Gasteiger partial charge >= 0.3 is 12.0 Å². The molecule has 1 rings (SSSR count). The summed E-state index contributed by atoms with van der Waals surface area (Å²) in [5, 5.41) is 12.1. The molecule has 1 saturated carbocycles. The van der Waals surface area contributed by atoms with Gasteiger partial charge in [0.25, 0.3) is 0 Å². The molecule has 1 aliphatic rings. The van der Waals surface area contributed by atoms with Crippen molar-refractivity contribution in [2.45, 2.75) is 33.1 Å². The van der Waals surface area contributed by atoms with E-state index in [4.69, 9.17) is 0 Å². The maximum Gasteiger partial charge on any atom is 0.317 e. The minimum atomic E-state index is -0.794. The van der Waals surface area contributed by atoms with E-state index in [1.54, 1.807) is 4.90 Å². The molecule has 0 aromatic carbocycles. The summed E-state index contributed by atoms with van der Waals surface area (Å²) < 4.78 is 0. The monoisotopic (exact) mass is 299 g/mol. The zero-order valence-corrected chi connectivity index (χ0v) is 13.7. The second-order valence-corrected chi connectivity index (χ2v) is 6.74. The first-order valence-corrected chi connectivity index (χ1v) is 7.68. The van der Waals surface area contributed by atoms with Gasteiger partial charge in [-0.15, -0.1) is 0 Å². The largest absolute Gasteiger partial charge is 0.481 e. The normalized spacial score (nSPS) is 16.7. The number of likely N-dealkylation sites (N-methyl/N-ethyl adjacent to an activating group) is 1. The van der Waals surface area contributed by atoms with Gasteiger partial charge in [0.1, 0.15) is 0 Å². The number of hydrogen-bond acceptors (Lipinski definition) is 3. The van der Waals surface area contributed by atoms with E-state index in [0.29, 0.717) is 31.8 Å². The average Bonchev–Trinajstić information content (AvgIpc) is 2.31. The van der Waals surface area contributed by atoms with Gasteiger partial charge in [-0.1, -0.05) is 20.3 Å². The van der Waals surface area contributed by atoms with Crippen molar-refractivity contribution in [2.75, 3.05) is 40.3 Å². The van der Waals surface area contributed by atoms with Crippen LogP contribution in [-0.2, 0) is 4.79 Å². The zero-order chi connectivity index (χ0) is 16.0. The Balaban J connectivity index is 2.53. The molecule has 0 unspecified atom stereocenters. The lowest BCUT2D eigenvalue weighted by Gasteiger charge is -2.38. The van der Waals surface area contributed by atoms with Gasteiger partial charge in [0.2, 0.25) is 0 Å². The van der Waals surface area contributed by atoms with Crippen molar-refractivity contribution in [3.63, 3.8) is 0 Å². The molecule has 0 aromatic rings. The van der Waals surface area contributed by atoms with Crippen molar-refractivity contribution in [1.29, 1.82) is 0 Å². The summed E-state index contributed by atoms with van der Waals surface area (Å²) in [7, 11) is 3.94. The maximum atomic E-state index is 12.3.